The zero-order chi connectivity index (χ0) is 24.2. The van der Waals surface area contributed by atoms with Gasteiger partial charge in [-0.3, -0.25) is 0 Å². The molecular weight excluding hydrogens is 507 g/mol. The number of fused-ring (bicyclic) bond motifs is 3. The molecule has 0 aromatic heterocycles. The number of aryl methyl sites for hydroxylation is 1. The summed E-state index contributed by atoms with van der Waals surface area (Å²) >= 11 is -2.33. The summed E-state index contributed by atoms with van der Waals surface area (Å²) in [6.07, 6.45) is 9.49. The molecule has 2 aromatic carbocycles. The van der Waals surface area contributed by atoms with Gasteiger partial charge < -0.3 is 0 Å². The van der Waals surface area contributed by atoms with Crippen molar-refractivity contribution in [2.24, 2.45) is 5.41 Å². The van der Waals surface area contributed by atoms with Crippen molar-refractivity contribution >= 4 is 40.3 Å². The Kier molecular flexibility index (Phi) is 8.99. The van der Waals surface area contributed by atoms with Gasteiger partial charge in [0, 0.05) is 0 Å². The first-order chi connectivity index (χ1) is 15.3. The molecule has 2 aliphatic carbocycles. The van der Waals surface area contributed by atoms with Crippen molar-refractivity contribution in [1.82, 2.24) is 0 Å². The van der Waals surface area contributed by atoms with Crippen molar-refractivity contribution in [3.63, 3.8) is 0 Å². The topological polar surface area (TPSA) is 9.23 Å². The van der Waals surface area contributed by atoms with Crippen LogP contribution in [-0.2, 0) is 23.2 Å². The SMILES string of the molecule is C[C](C)=[Ti]([O]c1cc(C)cc(C(C)(C)C)c1)[C]1(C(C)(C)C)C=CC=C2C1=Cc1ccccc12.Cl.Cl. The Morgan fingerprint density at radius 2 is 1.57 bits per heavy atom. The van der Waals surface area contributed by atoms with E-state index in [4.69, 9.17) is 3.32 Å². The van der Waals surface area contributed by atoms with Gasteiger partial charge in [0.05, 0.1) is 0 Å². The minimum Gasteiger partial charge on any atom is -0.147 e. The summed E-state index contributed by atoms with van der Waals surface area (Å²) in [4.78, 5) is 0. The maximum Gasteiger partial charge on any atom is -0.147 e. The second kappa shape index (κ2) is 10.5. The average molecular weight is 547 g/mol. The Morgan fingerprint density at radius 1 is 0.914 bits per heavy atom. The summed E-state index contributed by atoms with van der Waals surface area (Å²) in [6.45, 7) is 20.8. The normalized spacial score (nSPS) is 18.3. The molecule has 0 N–H and O–H groups in total. The molecule has 4 heteroatoms. The maximum absolute atomic E-state index is 7.18. The predicted octanol–water partition coefficient (Wildman–Crippen LogP) is 9.52. The Bertz CT molecular complexity index is 1230. The Hall–Kier alpha value is -1.38. The van der Waals surface area contributed by atoms with Gasteiger partial charge in [-0.2, -0.15) is 0 Å². The first-order valence-corrected chi connectivity index (χ1v) is 14.2. The molecule has 0 aliphatic heterocycles. The second-order valence-corrected chi connectivity index (χ2v) is 16.0. The van der Waals surface area contributed by atoms with E-state index in [-0.39, 0.29) is 39.4 Å². The minimum absolute atomic E-state index is 0. The van der Waals surface area contributed by atoms with Crippen LogP contribution in [0.25, 0.3) is 11.6 Å². The van der Waals surface area contributed by atoms with Crippen LogP contribution in [0.4, 0.5) is 0 Å². The Morgan fingerprint density at radius 3 is 2.17 bits per heavy atom. The fraction of sp³-hybridized carbons (Fsp3) is 0.387. The molecule has 1 unspecified atom stereocenters. The summed E-state index contributed by atoms with van der Waals surface area (Å²) < 4.78 is 8.51. The second-order valence-electron chi connectivity index (χ2n) is 11.9. The van der Waals surface area contributed by atoms with Crippen LogP contribution in [-0.4, -0.2) is 3.81 Å². The predicted molar refractivity (Wildman–Crippen MR) is 155 cm³/mol. The van der Waals surface area contributed by atoms with Crippen LogP contribution in [0.5, 0.6) is 5.75 Å². The quantitative estimate of drug-likeness (QED) is 0.348. The first kappa shape index (κ1) is 29.9. The van der Waals surface area contributed by atoms with Crippen molar-refractivity contribution in [2.75, 3.05) is 0 Å². The van der Waals surface area contributed by atoms with E-state index in [1.807, 2.05) is 0 Å². The van der Waals surface area contributed by atoms with E-state index >= 15 is 0 Å². The molecule has 1 atom stereocenters. The number of benzene rings is 2. The number of allylic oxidation sites excluding steroid dienone is 5. The first-order valence-electron chi connectivity index (χ1n) is 12.0. The van der Waals surface area contributed by atoms with E-state index in [1.54, 1.807) is 0 Å². The van der Waals surface area contributed by atoms with Crippen LogP contribution in [0.1, 0.15) is 77.6 Å². The average Bonchev–Trinajstić information content (AvgIpc) is 3.09. The Balaban J connectivity index is 0.00000216. The zero-order valence-corrected chi connectivity index (χ0v) is 25.8. The molecule has 2 aromatic rings. The summed E-state index contributed by atoms with van der Waals surface area (Å²) in [6, 6.07) is 15.6. The van der Waals surface area contributed by atoms with E-state index in [0.717, 1.165) is 5.75 Å². The number of halogens is 2. The molecule has 0 fully saturated rings. The van der Waals surface area contributed by atoms with E-state index in [9.17, 15) is 0 Å². The van der Waals surface area contributed by atoms with E-state index < -0.39 is 17.8 Å². The van der Waals surface area contributed by atoms with Gasteiger partial charge >= 0.3 is 208 Å². The fourth-order valence-corrected chi connectivity index (χ4v) is 9.77. The van der Waals surface area contributed by atoms with Crippen LogP contribution in [0.3, 0.4) is 0 Å². The van der Waals surface area contributed by atoms with Crippen molar-refractivity contribution in [3.8, 4) is 5.75 Å². The van der Waals surface area contributed by atoms with Crippen LogP contribution in [0.2, 0.25) is 3.72 Å². The molecule has 0 saturated carbocycles. The summed E-state index contributed by atoms with van der Waals surface area (Å²) in [7, 11) is 0. The van der Waals surface area contributed by atoms with E-state index in [2.05, 4.69) is 129 Å². The summed E-state index contributed by atoms with van der Waals surface area (Å²) in [5.74, 6) is 1.03. The smallest absolute Gasteiger partial charge is 0.147 e. The largest absolute Gasteiger partial charge is 0.147 e. The Labute approximate surface area is 231 Å². The molecule has 2 aliphatic rings. The molecule has 0 radical (unpaired) electrons. The molecule has 4 rings (SSSR count). The van der Waals surface area contributed by atoms with Crippen molar-refractivity contribution in [2.45, 2.75) is 71.4 Å². The molecule has 0 heterocycles. The third kappa shape index (κ3) is 5.35. The number of rotatable bonds is 3. The van der Waals surface area contributed by atoms with Gasteiger partial charge in [0.1, 0.15) is 0 Å². The van der Waals surface area contributed by atoms with E-state index in [0.29, 0.717) is 0 Å². The monoisotopic (exact) mass is 546 g/mol. The van der Waals surface area contributed by atoms with Gasteiger partial charge in [-0.1, -0.05) is 0 Å². The molecule has 188 valence electrons. The molecule has 0 saturated heterocycles. The molecule has 0 amide bonds. The van der Waals surface area contributed by atoms with Crippen LogP contribution < -0.4 is 3.32 Å². The van der Waals surface area contributed by atoms with Gasteiger partial charge in [-0.15, -0.1) is 24.8 Å². The van der Waals surface area contributed by atoms with Crippen LogP contribution in [0.15, 0.2) is 66.3 Å². The molecule has 35 heavy (non-hydrogen) atoms. The molecule has 1 nitrogen and oxygen atoms in total. The zero-order valence-electron chi connectivity index (χ0n) is 22.6. The van der Waals surface area contributed by atoms with Gasteiger partial charge in [-0.25, -0.2) is 0 Å². The van der Waals surface area contributed by atoms with Crippen molar-refractivity contribution in [3.05, 3.63) is 88.5 Å². The van der Waals surface area contributed by atoms with Gasteiger partial charge in [-0.05, 0) is 0 Å². The molecular formula is C31H40Cl2OTi. The van der Waals surface area contributed by atoms with Gasteiger partial charge in [0.15, 0.2) is 0 Å². The van der Waals surface area contributed by atoms with Crippen molar-refractivity contribution < 1.29 is 21.1 Å². The van der Waals surface area contributed by atoms with Crippen LogP contribution in [0, 0.1) is 12.3 Å². The van der Waals surface area contributed by atoms with Gasteiger partial charge in [0.2, 0.25) is 0 Å². The summed E-state index contributed by atoms with van der Waals surface area (Å²) in [5, 5.41) is 0. The van der Waals surface area contributed by atoms with Gasteiger partial charge in [0.25, 0.3) is 0 Å². The molecule has 0 bridgehead atoms. The van der Waals surface area contributed by atoms with Crippen LogP contribution >= 0.6 is 24.8 Å². The summed E-state index contributed by atoms with van der Waals surface area (Å²) in [5.41, 5.74) is 8.20. The standard InChI is InChI=1S/C17H17.C11H16O.C3H6.2ClH.Ti/c1-17(2,3)16-10-6-9-14-13-8-5-4-7-12(13)11-15(14)16;1-8-5-9(11(2,3)4)7-10(12)6-8;1-3-2;;;/h4-11H,1-3H3;5-7,12H,1-4H3;1-2H3;2*1H;/q;;;;;+1/p-1. The minimum atomic E-state index is -2.33. The van der Waals surface area contributed by atoms with E-state index in [1.165, 1.54) is 37.2 Å². The maximum atomic E-state index is 7.18. The van der Waals surface area contributed by atoms with Crippen molar-refractivity contribution in [1.29, 1.82) is 0 Å². The number of hydrogen-bond acceptors (Lipinski definition) is 1. The fourth-order valence-electron chi connectivity index (χ4n) is 5.26. The number of hydrogen-bond donors (Lipinski definition) is 0. The third-order valence-electron chi connectivity index (χ3n) is 7.01. The third-order valence-corrected chi connectivity index (χ3v) is 12.1. The molecule has 0 spiro atoms.